The predicted molar refractivity (Wildman–Crippen MR) is 106 cm³/mol. The summed E-state index contributed by atoms with van der Waals surface area (Å²) in [7, 11) is -3.42. The molecule has 1 N–H and O–H groups in total. The highest BCUT2D eigenvalue weighted by molar-refractivity contribution is 7.89. The zero-order valence-electron chi connectivity index (χ0n) is 15.9. The van der Waals surface area contributed by atoms with Crippen molar-refractivity contribution in [1.82, 2.24) is 9.62 Å². The lowest BCUT2D eigenvalue weighted by atomic mass is 10.1. The number of rotatable bonds is 5. The second-order valence-corrected chi connectivity index (χ2v) is 9.05. The minimum atomic E-state index is -3.42. The molecule has 0 bridgehead atoms. The lowest BCUT2D eigenvalue weighted by molar-refractivity contribution is 0.0950. The minimum absolute atomic E-state index is 0.124. The molecule has 2 aromatic rings. The van der Waals surface area contributed by atoms with E-state index in [0.717, 1.165) is 36.0 Å². The highest BCUT2D eigenvalue weighted by atomic mass is 32.2. The Bertz CT molecular complexity index is 915. The van der Waals surface area contributed by atoms with E-state index in [1.165, 1.54) is 0 Å². The number of carbonyl (C=O) groups is 1. The second-order valence-electron chi connectivity index (χ2n) is 7.11. The van der Waals surface area contributed by atoms with Gasteiger partial charge in [-0.05, 0) is 56.0 Å². The first-order valence-electron chi connectivity index (χ1n) is 9.32. The van der Waals surface area contributed by atoms with Gasteiger partial charge in [0, 0.05) is 25.2 Å². The summed E-state index contributed by atoms with van der Waals surface area (Å²) in [4.78, 5) is 12.7. The summed E-state index contributed by atoms with van der Waals surface area (Å²) >= 11 is 0. The zero-order valence-corrected chi connectivity index (χ0v) is 16.7. The van der Waals surface area contributed by atoms with E-state index in [-0.39, 0.29) is 5.91 Å². The molecule has 1 aliphatic heterocycles. The van der Waals surface area contributed by atoms with Gasteiger partial charge < -0.3 is 5.32 Å². The Balaban J connectivity index is 1.65. The number of sulfonamides is 1. The number of nitrogens with zero attached hydrogens (tertiary/aromatic N) is 1. The summed E-state index contributed by atoms with van der Waals surface area (Å²) in [5.41, 5.74) is 3.50. The van der Waals surface area contributed by atoms with Crippen LogP contribution >= 0.6 is 0 Å². The van der Waals surface area contributed by atoms with E-state index in [1.54, 1.807) is 28.6 Å². The molecule has 0 aliphatic carbocycles. The molecule has 0 saturated carbocycles. The van der Waals surface area contributed by atoms with Crippen LogP contribution in [0.1, 0.15) is 46.3 Å². The topological polar surface area (TPSA) is 66.5 Å². The standard InChI is InChI=1S/C21H26N2O3S/c1-16-6-7-17(2)20(14-16)21(24)22-15-18-8-10-19(11-9-18)27(25,26)23-12-4-3-5-13-23/h6-11,14H,3-5,12-13,15H2,1-2H3,(H,22,24). The fraction of sp³-hybridized carbons (Fsp3) is 0.381. The van der Waals surface area contributed by atoms with Crippen LogP contribution in [-0.4, -0.2) is 31.7 Å². The van der Waals surface area contributed by atoms with E-state index in [2.05, 4.69) is 5.32 Å². The van der Waals surface area contributed by atoms with Crippen molar-refractivity contribution in [2.45, 2.75) is 44.6 Å². The van der Waals surface area contributed by atoms with Crippen molar-refractivity contribution in [3.63, 3.8) is 0 Å². The van der Waals surface area contributed by atoms with Crippen molar-refractivity contribution in [1.29, 1.82) is 0 Å². The average Bonchev–Trinajstić information content (AvgIpc) is 2.69. The number of benzene rings is 2. The molecule has 2 aromatic carbocycles. The van der Waals surface area contributed by atoms with E-state index in [0.29, 0.717) is 30.1 Å². The molecule has 1 aliphatic rings. The number of hydrogen-bond donors (Lipinski definition) is 1. The Morgan fingerprint density at radius 1 is 1.00 bits per heavy atom. The molecule has 144 valence electrons. The van der Waals surface area contributed by atoms with Gasteiger partial charge in [-0.2, -0.15) is 4.31 Å². The summed E-state index contributed by atoms with van der Waals surface area (Å²) in [6, 6.07) is 12.6. The molecule has 1 amide bonds. The van der Waals surface area contributed by atoms with Gasteiger partial charge in [-0.1, -0.05) is 36.2 Å². The van der Waals surface area contributed by atoms with Crippen LogP contribution in [0.3, 0.4) is 0 Å². The third-order valence-electron chi connectivity index (χ3n) is 4.97. The van der Waals surface area contributed by atoms with Crippen molar-refractivity contribution < 1.29 is 13.2 Å². The largest absolute Gasteiger partial charge is 0.348 e. The lowest BCUT2D eigenvalue weighted by Gasteiger charge is -2.25. The summed E-state index contributed by atoms with van der Waals surface area (Å²) in [5.74, 6) is -0.124. The molecule has 1 heterocycles. The van der Waals surface area contributed by atoms with E-state index in [1.807, 2.05) is 32.0 Å². The van der Waals surface area contributed by atoms with Crippen LogP contribution in [0.4, 0.5) is 0 Å². The molecular weight excluding hydrogens is 360 g/mol. The highest BCUT2D eigenvalue weighted by Crippen LogP contribution is 2.21. The Kier molecular flexibility index (Phi) is 5.97. The SMILES string of the molecule is Cc1ccc(C)c(C(=O)NCc2ccc(S(=O)(=O)N3CCCCC3)cc2)c1. The Morgan fingerprint density at radius 3 is 2.33 bits per heavy atom. The van der Waals surface area contributed by atoms with Crippen LogP contribution in [0.2, 0.25) is 0 Å². The van der Waals surface area contributed by atoms with Crippen LogP contribution < -0.4 is 5.32 Å². The maximum atomic E-state index is 12.7. The van der Waals surface area contributed by atoms with Crippen molar-refractivity contribution >= 4 is 15.9 Å². The predicted octanol–water partition coefficient (Wildman–Crippen LogP) is 3.41. The Morgan fingerprint density at radius 2 is 1.67 bits per heavy atom. The van der Waals surface area contributed by atoms with Gasteiger partial charge >= 0.3 is 0 Å². The Labute approximate surface area is 161 Å². The van der Waals surface area contributed by atoms with Gasteiger partial charge in [-0.25, -0.2) is 8.42 Å². The number of nitrogens with one attached hydrogen (secondary N) is 1. The van der Waals surface area contributed by atoms with Crippen LogP contribution in [-0.2, 0) is 16.6 Å². The summed E-state index contributed by atoms with van der Waals surface area (Å²) in [6.07, 6.45) is 2.93. The van der Waals surface area contributed by atoms with Gasteiger partial charge in [0.15, 0.2) is 0 Å². The number of aryl methyl sites for hydroxylation is 2. The van der Waals surface area contributed by atoms with E-state index >= 15 is 0 Å². The summed E-state index contributed by atoms with van der Waals surface area (Å²) < 4.78 is 26.9. The van der Waals surface area contributed by atoms with Crippen molar-refractivity contribution in [2.75, 3.05) is 13.1 Å². The number of piperidine rings is 1. The van der Waals surface area contributed by atoms with Crippen LogP contribution in [0, 0.1) is 13.8 Å². The fourth-order valence-electron chi connectivity index (χ4n) is 3.29. The molecule has 27 heavy (non-hydrogen) atoms. The normalized spacial score (nSPS) is 15.5. The maximum absolute atomic E-state index is 12.7. The molecular formula is C21H26N2O3S. The quantitative estimate of drug-likeness (QED) is 0.856. The summed E-state index contributed by atoms with van der Waals surface area (Å²) in [6.45, 7) is 5.41. The molecule has 0 radical (unpaired) electrons. The molecule has 3 rings (SSSR count). The number of carbonyl (C=O) groups excluding carboxylic acids is 1. The van der Waals surface area contributed by atoms with Gasteiger partial charge in [0.1, 0.15) is 0 Å². The molecule has 0 aromatic heterocycles. The van der Waals surface area contributed by atoms with Crippen LogP contribution in [0.25, 0.3) is 0 Å². The number of amides is 1. The highest BCUT2D eigenvalue weighted by Gasteiger charge is 2.25. The first-order chi connectivity index (χ1) is 12.9. The third-order valence-corrected chi connectivity index (χ3v) is 6.88. The van der Waals surface area contributed by atoms with Crippen molar-refractivity contribution in [3.8, 4) is 0 Å². The second kappa shape index (κ2) is 8.23. The van der Waals surface area contributed by atoms with Gasteiger partial charge in [0.2, 0.25) is 10.0 Å². The van der Waals surface area contributed by atoms with Crippen LogP contribution in [0.15, 0.2) is 47.4 Å². The first-order valence-corrected chi connectivity index (χ1v) is 10.8. The minimum Gasteiger partial charge on any atom is -0.348 e. The molecule has 0 spiro atoms. The van der Waals surface area contributed by atoms with Gasteiger partial charge in [0.05, 0.1) is 4.90 Å². The molecule has 0 atom stereocenters. The maximum Gasteiger partial charge on any atom is 0.251 e. The third kappa shape index (κ3) is 4.57. The van der Waals surface area contributed by atoms with Crippen molar-refractivity contribution in [2.24, 2.45) is 0 Å². The average molecular weight is 387 g/mol. The molecule has 1 fully saturated rings. The van der Waals surface area contributed by atoms with E-state index in [4.69, 9.17) is 0 Å². The summed E-state index contributed by atoms with van der Waals surface area (Å²) in [5, 5.41) is 2.91. The molecule has 5 nitrogen and oxygen atoms in total. The van der Waals surface area contributed by atoms with E-state index < -0.39 is 10.0 Å². The first kappa shape index (κ1) is 19.6. The number of hydrogen-bond acceptors (Lipinski definition) is 3. The monoisotopic (exact) mass is 386 g/mol. The molecule has 0 unspecified atom stereocenters. The molecule has 6 heteroatoms. The van der Waals surface area contributed by atoms with Crippen LogP contribution in [0.5, 0.6) is 0 Å². The zero-order chi connectivity index (χ0) is 19.4. The fourth-order valence-corrected chi connectivity index (χ4v) is 4.81. The Hall–Kier alpha value is -2.18. The lowest BCUT2D eigenvalue weighted by Crippen LogP contribution is -2.35. The van der Waals surface area contributed by atoms with Crippen molar-refractivity contribution in [3.05, 3.63) is 64.7 Å². The smallest absolute Gasteiger partial charge is 0.251 e. The van der Waals surface area contributed by atoms with Gasteiger partial charge in [0.25, 0.3) is 5.91 Å². The van der Waals surface area contributed by atoms with Gasteiger partial charge in [-0.3, -0.25) is 4.79 Å². The molecule has 1 saturated heterocycles. The van der Waals surface area contributed by atoms with E-state index in [9.17, 15) is 13.2 Å². The van der Waals surface area contributed by atoms with Gasteiger partial charge in [-0.15, -0.1) is 0 Å².